The van der Waals surface area contributed by atoms with E-state index in [4.69, 9.17) is 0 Å². The highest BCUT2D eigenvalue weighted by molar-refractivity contribution is 5.92. The lowest BCUT2D eigenvalue weighted by Crippen LogP contribution is -2.23. The predicted molar refractivity (Wildman–Crippen MR) is 63.8 cm³/mol. The zero-order valence-corrected chi connectivity index (χ0v) is 10.5. The second kappa shape index (κ2) is 6.50. The van der Waals surface area contributed by atoms with Crippen molar-refractivity contribution in [2.45, 2.75) is 6.54 Å². The number of carbonyl (C=O) groups excluding carboxylic acids is 2. The summed E-state index contributed by atoms with van der Waals surface area (Å²) in [5, 5.41) is 12.2. The number of nitrogens with zero attached hydrogens (tertiary/aromatic N) is 4. The summed E-state index contributed by atoms with van der Waals surface area (Å²) in [5.41, 5.74) is -0.210. The Morgan fingerprint density at radius 2 is 2.14 bits per heavy atom. The number of anilines is 1. The normalized spacial score (nSPS) is 10.2. The molecule has 8 nitrogen and oxygen atoms in total. The van der Waals surface area contributed by atoms with Gasteiger partial charge in [-0.3, -0.25) is 9.59 Å². The van der Waals surface area contributed by atoms with E-state index in [-0.39, 0.29) is 12.2 Å². The smallest absolute Gasteiger partial charge is 0.328 e. The SMILES string of the molecule is O=C(COC(=O)Cn1cnnn1)Nc1ccc(F)cc1F. The first-order valence-electron chi connectivity index (χ1n) is 5.66. The van der Waals surface area contributed by atoms with Crippen LogP contribution in [0.25, 0.3) is 0 Å². The highest BCUT2D eigenvalue weighted by Gasteiger charge is 2.11. The summed E-state index contributed by atoms with van der Waals surface area (Å²) in [6.07, 6.45) is 1.20. The minimum Gasteiger partial charge on any atom is -0.454 e. The highest BCUT2D eigenvalue weighted by atomic mass is 19.1. The fraction of sp³-hybridized carbons (Fsp3) is 0.182. The summed E-state index contributed by atoms with van der Waals surface area (Å²) < 4.78 is 31.7. The summed E-state index contributed by atoms with van der Waals surface area (Å²) in [4.78, 5) is 22.8. The van der Waals surface area contributed by atoms with E-state index in [0.717, 1.165) is 16.8 Å². The Labute approximate surface area is 116 Å². The second-order valence-corrected chi connectivity index (χ2v) is 3.84. The molecule has 1 aromatic heterocycles. The van der Waals surface area contributed by atoms with Crippen LogP contribution >= 0.6 is 0 Å². The van der Waals surface area contributed by atoms with Crippen molar-refractivity contribution >= 4 is 17.6 Å². The molecule has 0 saturated heterocycles. The summed E-state index contributed by atoms with van der Waals surface area (Å²) in [7, 11) is 0. The van der Waals surface area contributed by atoms with Crippen molar-refractivity contribution in [3.05, 3.63) is 36.2 Å². The van der Waals surface area contributed by atoms with Crippen LogP contribution in [-0.4, -0.2) is 38.7 Å². The molecule has 110 valence electrons. The van der Waals surface area contributed by atoms with E-state index in [0.29, 0.717) is 6.07 Å². The molecule has 21 heavy (non-hydrogen) atoms. The summed E-state index contributed by atoms with van der Waals surface area (Å²) in [6.45, 7) is -0.872. The van der Waals surface area contributed by atoms with Gasteiger partial charge in [-0.25, -0.2) is 13.5 Å². The first kappa shape index (κ1) is 14.5. The number of rotatable bonds is 5. The van der Waals surface area contributed by atoms with Crippen LogP contribution in [0.2, 0.25) is 0 Å². The molecule has 0 fully saturated rings. The van der Waals surface area contributed by atoms with Crippen molar-refractivity contribution in [1.82, 2.24) is 20.2 Å². The van der Waals surface area contributed by atoms with Gasteiger partial charge in [0.25, 0.3) is 5.91 Å². The number of hydrogen-bond acceptors (Lipinski definition) is 6. The fourth-order valence-electron chi connectivity index (χ4n) is 1.35. The first-order valence-corrected chi connectivity index (χ1v) is 5.66. The average molecular weight is 297 g/mol. The monoisotopic (exact) mass is 297 g/mol. The number of carbonyl (C=O) groups is 2. The molecule has 0 unspecified atom stereocenters. The predicted octanol–water partition coefficient (Wildman–Crippen LogP) is 0.133. The third-order valence-corrected chi connectivity index (χ3v) is 2.25. The minimum atomic E-state index is -0.927. The van der Waals surface area contributed by atoms with Gasteiger partial charge in [-0.15, -0.1) is 5.10 Å². The molecule has 0 aliphatic heterocycles. The molecule has 0 atom stereocenters. The number of hydrogen-bond donors (Lipinski definition) is 1. The van der Waals surface area contributed by atoms with Gasteiger partial charge in [-0.2, -0.15) is 0 Å². The van der Waals surface area contributed by atoms with Gasteiger partial charge >= 0.3 is 5.97 Å². The van der Waals surface area contributed by atoms with Crippen molar-refractivity contribution < 1.29 is 23.1 Å². The van der Waals surface area contributed by atoms with E-state index >= 15 is 0 Å². The fourth-order valence-corrected chi connectivity index (χ4v) is 1.35. The summed E-state index contributed by atoms with van der Waals surface area (Å²) >= 11 is 0. The summed E-state index contributed by atoms with van der Waals surface area (Å²) in [6, 6.07) is 2.67. The number of tetrazole rings is 1. The number of amides is 1. The van der Waals surface area contributed by atoms with Crippen LogP contribution < -0.4 is 5.32 Å². The van der Waals surface area contributed by atoms with Crippen molar-refractivity contribution in [3.8, 4) is 0 Å². The Hall–Kier alpha value is -2.91. The lowest BCUT2D eigenvalue weighted by molar-refractivity contribution is -0.148. The molecule has 0 radical (unpaired) electrons. The van der Waals surface area contributed by atoms with Gasteiger partial charge < -0.3 is 10.1 Å². The van der Waals surface area contributed by atoms with E-state index in [2.05, 4.69) is 25.6 Å². The van der Waals surface area contributed by atoms with Crippen molar-refractivity contribution in [1.29, 1.82) is 0 Å². The molecule has 1 amide bonds. The number of nitrogens with one attached hydrogen (secondary N) is 1. The van der Waals surface area contributed by atoms with Crippen molar-refractivity contribution in [3.63, 3.8) is 0 Å². The van der Waals surface area contributed by atoms with Gasteiger partial charge in [0, 0.05) is 6.07 Å². The van der Waals surface area contributed by atoms with Gasteiger partial charge in [0.1, 0.15) is 24.5 Å². The van der Waals surface area contributed by atoms with E-state index in [1.807, 2.05) is 0 Å². The topological polar surface area (TPSA) is 99.0 Å². The molecule has 0 saturated carbocycles. The number of benzene rings is 1. The quantitative estimate of drug-likeness (QED) is 0.788. The standard InChI is InChI=1S/C11H9F2N5O3/c12-7-1-2-9(8(13)3-7)15-10(19)5-21-11(20)4-18-6-14-16-17-18/h1-3,6H,4-5H2,(H,15,19). The molecule has 1 heterocycles. The zero-order chi connectivity index (χ0) is 15.2. The zero-order valence-electron chi connectivity index (χ0n) is 10.5. The third kappa shape index (κ3) is 4.30. The van der Waals surface area contributed by atoms with Gasteiger partial charge in [0.05, 0.1) is 5.69 Å². The van der Waals surface area contributed by atoms with E-state index < -0.39 is 30.1 Å². The Kier molecular flexibility index (Phi) is 4.49. The van der Waals surface area contributed by atoms with E-state index in [9.17, 15) is 18.4 Å². The van der Waals surface area contributed by atoms with Crippen molar-refractivity contribution in [2.24, 2.45) is 0 Å². The highest BCUT2D eigenvalue weighted by Crippen LogP contribution is 2.14. The van der Waals surface area contributed by atoms with Gasteiger partial charge in [0.15, 0.2) is 6.61 Å². The number of halogens is 2. The molecular formula is C11H9F2N5O3. The molecule has 1 aromatic carbocycles. The van der Waals surface area contributed by atoms with Crippen LogP contribution in [0.1, 0.15) is 0 Å². The molecule has 10 heteroatoms. The lowest BCUT2D eigenvalue weighted by Gasteiger charge is -2.07. The first-order chi connectivity index (χ1) is 10.0. The molecule has 2 rings (SSSR count). The molecule has 0 aliphatic rings. The van der Waals surface area contributed by atoms with Gasteiger partial charge in [-0.1, -0.05) is 0 Å². The Balaban J connectivity index is 1.80. The molecule has 1 N–H and O–H groups in total. The van der Waals surface area contributed by atoms with Gasteiger partial charge in [0.2, 0.25) is 0 Å². The number of ether oxygens (including phenoxy) is 1. The largest absolute Gasteiger partial charge is 0.454 e. The third-order valence-electron chi connectivity index (χ3n) is 2.25. The van der Waals surface area contributed by atoms with E-state index in [1.54, 1.807) is 0 Å². The molecule has 0 spiro atoms. The maximum Gasteiger partial charge on any atom is 0.328 e. The average Bonchev–Trinajstić information content (AvgIpc) is 2.92. The molecule has 0 aliphatic carbocycles. The molecular weight excluding hydrogens is 288 g/mol. The summed E-state index contributed by atoms with van der Waals surface area (Å²) in [5.74, 6) is -3.19. The number of esters is 1. The van der Waals surface area contributed by atoms with Gasteiger partial charge in [-0.05, 0) is 22.6 Å². The molecule has 0 bridgehead atoms. The van der Waals surface area contributed by atoms with Crippen LogP contribution in [0.15, 0.2) is 24.5 Å². The van der Waals surface area contributed by atoms with Crippen LogP contribution in [-0.2, 0) is 20.9 Å². The Morgan fingerprint density at radius 3 is 2.81 bits per heavy atom. The van der Waals surface area contributed by atoms with Crippen molar-refractivity contribution in [2.75, 3.05) is 11.9 Å². The lowest BCUT2D eigenvalue weighted by atomic mass is 10.3. The Bertz CT molecular complexity index is 647. The van der Waals surface area contributed by atoms with Crippen LogP contribution in [0.3, 0.4) is 0 Å². The maximum absolute atomic E-state index is 13.3. The number of aromatic nitrogens is 4. The van der Waals surface area contributed by atoms with Crippen LogP contribution in [0.5, 0.6) is 0 Å². The maximum atomic E-state index is 13.3. The Morgan fingerprint density at radius 1 is 1.33 bits per heavy atom. The van der Waals surface area contributed by atoms with E-state index in [1.165, 1.54) is 6.33 Å². The van der Waals surface area contributed by atoms with Crippen LogP contribution in [0, 0.1) is 11.6 Å². The second-order valence-electron chi connectivity index (χ2n) is 3.84. The van der Waals surface area contributed by atoms with Crippen LogP contribution in [0.4, 0.5) is 14.5 Å². The minimum absolute atomic E-state index is 0.210. The molecule has 2 aromatic rings.